The quantitative estimate of drug-likeness (QED) is 0.621. The average molecular weight is 412 g/mol. The lowest BCUT2D eigenvalue weighted by atomic mass is 9.69. The molecule has 1 saturated carbocycles. The molecule has 0 unspecified atom stereocenters. The van der Waals surface area contributed by atoms with Gasteiger partial charge >= 0.3 is 11.3 Å². The zero-order chi connectivity index (χ0) is 19.9. The van der Waals surface area contributed by atoms with Crippen molar-refractivity contribution in [1.29, 1.82) is 0 Å². The summed E-state index contributed by atoms with van der Waals surface area (Å²) in [5, 5.41) is 12.5. The minimum absolute atomic E-state index is 0.148. The van der Waals surface area contributed by atoms with Crippen LogP contribution in [0.15, 0.2) is 41.2 Å². The predicted molar refractivity (Wildman–Crippen MR) is 92.0 cm³/mol. The molecule has 0 aliphatic heterocycles. The number of alkyl halides is 3. The first-order valence-electron chi connectivity index (χ1n) is 8.21. The summed E-state index contributed by atoms with van der Waals surface area (Å²) < 4.78 is 44.6. The van der Waals surface area contributed by atoms with Crippen molar-refractivity contribution in [2.24, 2.45) is 0 Å². The van der Waals surface area contributed by atoms with Crippen molar-refractivity contribution in [1.82, 2.24) is 20.1 Å². The first kappa shape index (κ1) is 18.6. The summed E-state index contributed by atoms with van der Waals surface area (Å²) in [6.45, 7) is 0. The number of nitrogens with zero attached hydrogens (tertiary/aromatic N) is 4. The number of anilines is 1. The molecule has 0 bridgehead atoms. The topological polar surface area (TPSA) is 97.0 Å². The van der Waals surface area contributed by atoms with E-state index in [1.54, 1.807) is 18.2 Å². The second-order valence-electron chi connectivity index (χ2n) is 6.47. The Kier molecular flexibility index (Phi) is 4.47. The molecule has 1 aliphatic rings. The van der Waals surface area contributed by atoms with Crippen LogP contribution in [-0.4, -0.2) is 31.3 Å². The van der Waals surface area contributed by atoms with Crippen LogP contribution in [0.1, 0.15) is 24.3 Å². The number of aliphatic hydroxyl groups excluding tert-OH is 1. The molecule has 0 saturated heterocycles. The first-order valence-corrected chi connectivity index (χ1v) is 8.59. The van der Waals surface area contributed by atoms with Crippen LogP contribution in [0.25, 0.3) is 11.4 Å². The zero-order valence-corrected chi connectivity index (χ0v) is 14.9. The van der Waals surface area contributed by atoms with E-state index in [0.29, 0.717) is 5.56 Å². The van der Waals surface area contributed by atoms with Crippen LogP contribution in [0.4, 0.5) is 19.1 Å². The van der Waals surface area contributed by atoms with Crippen LogP contribution in [0.2, 0.25) is 0 Å². The monoisotopic (exact) mass is 411 g/mol. The molecule has 0 radical (unpaired) electrons. The minimum Gasteiger partial charge on any atom is -0.393 e. The van der Waals surface area contributed by atoms with Gasteiger partial charge in [0.2, 0.25) is 11.8 Å². The Morgan fingerprint density at radius 3 is 2.46 bits per heavy atom. The number of hydrogen-bond acceptors (Lipinski definition) is 7. The highest BCUT2D eigenvalue weighted by molar-refractivity contribution is 6.21. The van der Waals surface area contributed by atoms with Crippen molar-refractivity contribution in [3.63, 3.8) is 0 Å². The molecule has 0 atom stereocenters. The van der Waals surface area contributed by atoms with Crippen LogP contribution in [-0.2, 0) is 10.9 Å². The fourth-order valence-electron chi connectivity index (χ4n) is 3.16. The number of aliphatic hydroxyl groups is 1. The van der Waals surface area contributed by atoms with Gasteiger partial charge in [-0.25, -0.2) is 14.4 Å². The Morgan fingerprint density at radius 2 is 1.89 bits per heavy atom. The lowest BCUT2D eigenvalue weighted by Gasteiger charge is -2.46. The molecule has 2 N–H and O–H groups in total. The van der Waals surface area contributed by atoms with Gasteiger partial charge in [-0.15, -0.1) is 0 Å². The lowest BCUT2D eigenvalue weighted by Crippen LogP contribution is -2.51. The van der Waals surface area contributed by atoms with E-state index in [2.05, 4.69) is 29.9 Å². The van der Waals surface area contributed by atoms with Gasteiger partial charge in [-0.1, -0.05) is 23.4 Å². The highest BCUT2D eigenvalue weighted by Gasteiger charge is 2.47. The third kappa shape index (κ3) is 3.40. The predicted octanol–water partition coefficient (Wildman–Crippen LogP) is 3.42. The summed E-state index contributed by atoms with van der Waals surface area (Å²) in [6.07, 6.45) is 2.62. The molecule has 1 aliphatic carbocycles. The number of nitrogens with one attached hydrogen (secondary N) is 1. The Bertz CT molecular complexity index is 987. The summed E-state index contributed by atoms with van der Waals surface area (Å²) in [4.78, 5) is 11.7. The summed E-state index contributed by atoms with van der Waals surface area (Å²) in [6, 6.07) is 6.26. The molecule has 28 heavy (non-hydrogen) atoms. The third-order valence-corrected chi connectivity index (χ3v) is 4.65. The molecule has 4 rings (SSSR count). The standard InChI is InChI=1S/C17H13ClF3N5O2/c18-17(20,21)14-24-13(26-28-14)9-7-22-15(23-8-9)25-16(5-10(27)6-16)11-3-1-2-4-12(11)19/h1-4,7-8,10,27H,5-6H2,(H,22,23,25). The van der Waals surface area contributed by atoms with Crippen molar-refractivity contribution in [2.75, 3.05) is 5.32 Å². The number of rotatable bonds is 5. The molecule has 2 heterocycles. The summed E-state index contributed by atoms with van der Waals surface area (Å²) in [7, 11) is 0. The van der Waals surface area contributed by atoms with E-state index >= 15 is 0 Å². The van der Waals surface area contributed by atoms with Gasteiger partial charge in [0.25, 0.3) is 0 Å². The highest BCUT2D eigenvalue weighted by atomic mass is 35.5. The van der Waals surface area contributed by atoms with E-state index in [1.165, 1.54) is 18.5 Å². The smallest absolute Gasteiger partial charge is 0.393 e. The van der Waals surface area contributed by atoms with Crippen molar-refractivity contribution in [3.8, 4) is 11.4 Å². The SMILES string of the molecule is OC1CC(Nc2ncc(-c3noc(C(F)(F)Cl)n3)cn2)(c2ccccc2F)C1. The van der Waals surface area contributed by atoms with Crippen molar-refractivity contribution in [2.45, 2.75) is 29.9 Å². The summed E-state index contributed by atoms with van der Waals surface area (Å²) >= 11 is 4.84. The molecule has 0 amide bonds. The van der Waals surface area contributed by atoms with Crippen LogP contribution in [0.5, 0.6) is 0 Å². The van der Waals surface area contributed by atoms with Crippen LogP contribution in [0.3, 0.4) is 0 Å². The van der Waals surface area contributed by atoms with E-state index in [1.807, 2.05) is 0 Å². The largest absolute Gasteiger partial charge is 0.400 e. The minimum atomic E-state index is -3.77. The van der Waals surface area contributed by atoms with Gasteiger partial charge in [0.15, 0.2) is 0 Å². The van der Waals surface area contributed by atoms with E-state index < -0.39 is 28.7 Å². The number of hydrogen-bond donors (Lipinski definition) is 2. The van der Waals surface area contributed by atoms with Crippen LogP contribution < -0.4 is 5.32 Å². The third-order valence-electron chi connectivity index (χ3n) is 4.49. The Morgan fingerprint density at radius 1 is 1.21 bits per heavy atom. The van der Waals surface area contributed by atoms with Gasteiger partial charge in [0.1, 0.15) is 5.82 Å². The first-order chi connectivity index (χ1) is 13.3. The van der Waals surface area contributed by atoms with E-state index in [-0.39, 0.29) is 30.2 Å². The van der Waals surface area contributed by atoms with Gasteiger partial charge in [0, 0.05) is 30.8 Å². The fraction of sp³-hybridized carbons (Fsp3) is 0.294. The van der Waals surface area contributed by atoms with Crippen molar-refractivity contribution >= 4 is 17.5 Å². The van der Waals surface area contributed by atoms with Gasteiger partial charge in [-0.05, 0) is 17.7 Å². The number of halogens is 4. The maximum atomic E-state index is 14.3. The second-order valence-corrected chi connectivity index (χ2v) is 6.94. The van der Waals surface area contributed by atoms with Crippen LogP contribution >= 0.6 is 11.6 Å². The van der Waals surface area contributed by atoms with E-state index in [4.69, 9.17) is 11.6 Å². The van der Waals surface area contributed by atoms with Gasteiger partial charge < -0.3 is 14.9 Å². The maximum Gasteiger partial charge on any atom is 0.400 e. The molecule has 0 spiro atoms. The second kappa shape index (κ2) is 6.71. The lowest BCUT2D eigenvalue weighted by molar-refractivity contribution is 0.0299. The molecule has 3 aromatic rings. The molecule has 7 nitrogen and oxygen atoms in total. The Hall–Kier alpha value is -2.72. The summed E-state index contributed by atoms with van der Waals surface area (Å²) in [5.41, 5.74) is -0.207. The van der Waals surface area contributed by atoms with E-state index in [9.17, 15) is 18.3 Å². The Labute approximate surface area is 161 Å². The van der Waals surface area contributed by atoms with Crippen molar-refractivity contribution in [3.05, 3.63) is 53.9 Å². The molecular formula is C17H13ClF3N5O2. The van der Waals surface area contributed by atoms with Gasteiger partial charge in [-0.2, -0.15) is 13.8 Å². The number of aromatic nitrogens is 4. The molecule has 11 heteroatoms. The fourth-order valence-corrected chi connectivity index (χ4v) is 3.24. The van der Waals surface area contributed by atoms with E-state index in [0.717, 1.165) is 0 Å². The van der Waals surface area contributed by atoms with Gasteiger partial charge in [0.05, 0.1) is 17.2 Å². The maximum absolute atomic E-state index is 14.3. The van der Waals surface area contributed by atoms with Gasteiger partial charge in [-0.3, -0.25) is 0 Å². The summed E-state index contributed by atoms with van der Waals surface area (Å²) in [5.74, 6) is -1.41. The highest BCUT2D eigenvalue weighted by Crippen LogP contribution is 2.44. The average Bonchev–Trinajstić information content (AvgIpc) is 3.12. The zero-order valence-electron chi connectivity index (χ0n) is 14.1. The molecule has 2 aromatic heterocycles. The molecular weight excluding hydrogens is 399 g/mol. The van der Waals surface area contributed by atoms with Crippen molar-refractivity contribution < 1.29 is 22.8 Å². The van der Waals surface area contributed by atoms with Crippen LogP contribution in [0, 0.1) is 5.82 Å². The normalized spacial score (nSPS) is 22.0. The number of benzene rings is 1. The molecule has 1 fully saturated rings. The molecule has 146 valence electrons. The molecule has 1 aromatic carbocycles. The Balaban J connectivity index is 1.57.